The third-order valence-electron chi connectivity index (χ3n) is 3.97. The second-order valence-corrected chi connectivity index (χ2v) is 7.08. The molecule has 1 heterocycles. The van der Waals surface area contributed by atoms with Crippen molar-refractivity contribution >= 4 is 17.9 Å². The van der Waals surface area contributed by atoms with Gasteiger partial charge >= 0.3 is 5.97 Å². The molecule has 0 atom stereocenters. The molecule has 0 saturated carbocycles. The molecule has 0 amide bonds. The lowest BCUT2D eigenvalue weighted by molar-refractivity contribution is -0.129. The van der Waals surface area contributed by atoms with Gasteiger partial charge in [0.25, 0.3) is 0 Å². The number of aliphatic imine (C=N–C) groups is 1. The quantitative estimate of drug-likeness (QED) is 0.597. The number of hydrogen-bond acceptors (Lipinski definition) is 3. The van der Waals surface area contributed by atoms with Gasteiger partial charge in [-0.3, -0.25) is 0 Å². The van der Waals surface area contributed by atoms with Crippen molar-refractivity contribution in [2.24, 2.45) is 4.99 Å². The van der Waals surface area contributed by atoms with Crippen molar-refractivity contribution in [2.45, 2.75) is 33.1 Å². The van der Waals surface area contributed by atoms with E-state index in [2.05, 4.69) is 37.9 Å². The summed E-state index contributed by atoms with van der Waals surface area (Å²) in [4.78, 5) is 16.4. The number of cyclic esters (lactones) is 1. The Balaban J connectivity index is 1.88. The molecule has 0 unspecified atom stereocenters. The molecule has 122 valence electrons. The summed E-state index contributed by atoms with van der Waals surface area (Å²) in [5, 5.41) is 0. The summed E-state index contributed by atoms with van der Waals surface area (Å²) in [7, 11) is 0. The van der Waals surface area contributed by atoms with Crippen LogP contribution in [0, 0.1) is 6.92 Å². The Hall–Kier alpha value is -2.68. The van der Waals surface area contributed by atoms with E-state index < -0.39 is 5.97 Å². The average Bonchev–Trinajstić information content (AvgIpc) is 2.88. The minimum atomic E-state index is -0.411. The normalized spacial score (nSPS) is 16.2. The van der Waals surface area contributed by atoms with Crippen molar-refractivity contribution in [1.82, 2.24) is 0 Å². The molecule has 1 aliphatic rings. The van der Waals surface area contributed by atoms with Crippen LogP contribution in [0.2, 0.25) is 0 Å². The first-order valence-electron chi connectivity index (χ1n) is 8.03. The summed E-state index contributed by atoms with van der Waals surface area (Å²) in [6.07, 6.45) is 1.76. The second kappa shape index (κ2) is 6.08. The van der Waals surface area contributed by atoms with Crippen molar-refractivity contribution < 1.29 is 9.53 Å². The van der Waals surface area contributed by atoms with Gasteiger partial charge in [-0.15, -0.1) is 0 Å². The standard InChI is InChI=1S/C21H21NO2/c1-14-6-5-7-16(12-14)19-22-18(20(23)24-19)13-15-8-10-17(11-9-15)21(2,3)4/h5-13H,1-4H3/b18-13-. The van der Waals surface area contributed by atoms with Crippen molar-refractivity contribution in [3.63, 3.8) is 0 Å². The van der Waals surface area contributed by atoms with Gasteiger partial charge < -0.3 is 4.74 Å². The van der Waals surface area contributed by atoms with Gasteiger partial charge in [0.1, 0.15) is 0 Å². The Morgan fingerprint density at radius 3 is 2.38 bits per heavy atom. The maximum absolute atomic E-state index is 12.1. The fourth-order valence-corrected chi connectivity index (χ4v) is 2.55. The van der Waals surface area contributed by atoms with Gasteiger partial charge in [-0.05, 0) is 41.7 Å². The molecule has 0 spiro atoms. The molecule has 3 heteroatoms. The Kier molecular flexibility index (Phi) is 4.10. The molecule has 0 N–H and O–H groups in total. The highest BCUT2D eigenvalue weighted by Crippen LogP contribution is 2.24. The van der Waals surface area contributed by atoms with Crippen LogP contribution in [-0.4, -0.2) is 11.9 Å². The van der Waals surface area contributed by atoms with E-state index in [0.29, 0.717) is 11.6 Å². The van der Waals surface area contributed by atoms with E-state index in [4.69, 9.17) is 4.74 Å². The van der Waals surface area contributed by atoms with Crippen LogP contribution in [0.4, 0.5) is 0 Å². The molecule has 0 radical (unpaired) electrons. The molecular formula is C21H21NO2. The van der Waals surface area contributed by atoms with Crippen LogP contribution in [0.1, 0.15) is 43.0 Å². The smallest absolute Gasteiger partial charge is 0.363 e. The highest BCUT2D eigenvalue weighted by Gasteiger charge is 2.24. The van der Waals surface area contributed by atoms with Crippen LogP contribution < -0.4 is 0 Å². The molecule has 0 aromatic heterocycles. The van der Waals surface area contributed by atoms with E-state index >= 15 is 0 Å². The van der Waals surface area contributed by atoms with Crippen LogP contribution in [0.5, 0.6) is 0 Å². The molecule has 0 fully saturated rings. The van der Waals surface area contributed by atoms with Gasteiger partial charge in [0, 0.05) is 5.56 Å². The lowest BCUT2D eigenvalue weighted by Crippen LogP contribution is -2.10. The van der Waals surface area contributed by atoms with Crippen molar-refractivity contribution in [2.75, 3.05) is 0 Å². The van der Waals surface area contributed by atoms with Crippen molar-refractivity contribution in [3.8, 4) is 0 Å². The SMILES string of the molecule is Cc1cccc(C2=N/C(=C\c3ccc(C(C)(C)C)cc3)C(=O)O2)c1. The Morgan fingerprint density at radius 1 is 1.04 bits per heavy atom. The predicted molar refractivity (Wildman–Crippen MR) is 96.9 cm³/mol. The summed E-state index contributed by atoms with van der Waals surface area (Å²) in [5.41, 5.74) is 4.53. The fraction of sp³-hybridized carbons (Fsp3) is 0.238. The maximum Gasteiger partial charge on any atom is 0.363 e. The van der Waals surface area contributed by atoms with Crippen LogP contribution >= 0.6 is 0 Å². The van der Waals surface area contributed by atoms with Crippen LogP contribution in [0.3, 0.4) is 0 Å². The molecule has 3 rings (SSSR count). The topological polar surface area (TPSA) is 38.7 Å². The average molecular weight is 319 g/mol. The zero-order valence-corrected chi connectivity index (χ0v) is 14.5. The fourth-order valence-electron chi connectivity index (χ4n) is 2.55. The second-order valence-electron chi connectivity index (χ2n) is 7.08. The number of aryl methyl sites for hydroxylation is 1. The Labute approximate surface area is 142 Å². The summed E-state index contributed by atoms with van der Waals surface area (Å²) in [5.74, 6) is -0.0485. The lowest BCUT2D eigenvalue weighted by atomic mass is 9.87. The molecule has 2 aromatic rings. The molecule has 2 aromatic carbocycles. The van der Waals surface area contributed by atoms with Crippen LogP contribution in [0.25, 0.3) is 6.08 Å². The number of carbonyl (C=O) groups is 1. The first kappa shape index (κ1) is 16.2. The Morgan fingerprint density at radius 2 is 1.75 bits per heavy atom. The largest absolute Gasteiger partial charge is 0.402 e. The summed E-state index contributed by atoms with van der Waals surface area (Å²) < 4.78 is 5.31. The molecule has 0 aliphatic carbocycles. The van der Waals surface area contributed by atoms with Gasteiger partial charge in [0.2, 0.25) is 5.90 Å². The van der Waals surface area contributed by atoms with E-state index in [-0.39, 0.29) is 5.41 Å². The molecule has 3 nitrogen and oxygen atoms in total. The number of hydrogen-bond donors (Lipinski definition) is 0. The van der Waals surface area contributed by atoms with Gasteiger partial charge in [-0.25, -0.2) is 9.79 Å². The number of rotatable bonds is 2. The maximum atomic E-state index is 12.1. The third-order valence-corrected chi connectivity index (χ3v) is 3.97. The van der Waals surface area contributed by atoms with Gasteiger partial charge in [-0.2, -0.15) is 0 Å². The van der Waals surface area contributed by atoms with Crippen molar-refractivity contribution in [3.05, 3.63) is 76.5 Å². The van der Waals surface area contributed by atoms with E-state index in [1.54, 1.807) is 6.08 Å². The first-order valence-corrected chi connectivity index (χ1v) is 8.03. The number of esters is 1. The summed E-state index contributed by atoms with van der Waals surface area (Å²) in [6, 6.07) is 15.9. The zero-order chi connectivity index (χ0) is 17.3. The minimum absolute atomic E-state index is 0.106. The highest BCUT2D eigenvalue weighted by atomic mass is 16.6. The molecule has 24 heavy (non-hydrogen) atoms. The van der Waals surface area contributed by atoms with Crippen LogP contribution in [-0.2, 0) is 14.9 Å². The zero-order valence-electron chi connectivity index (χ0n) is 14.5. The number of benzene rings is 2. The van der Waals surface area contributed by atoms with E-state index in [0.717, 1.165) is 16.7 Å². The van der Waals surface area contributed by atoms with Gasteiger partial charge in [-0.1, -0.05) is 62.7 Å². The third kappa shape index (κ3) is 3.46. The summed E-state index contributed by atoms with van der Waals surface area (Å²) >= 11 is 0. The number of ether oxygens (including phenoxy) is 1. The Bertz CT molecular complexity index is 837. The first-order chi connectivity index (χ1) is 11.3. The van der Waals surface area contributed by atoms with Gasteiger partial charge in [0.15, 0.2) is 5.70 Å². The summed E-state index contributed by atoms with van der Waals surface area (Å²) in [6.45, 7) is 8.52. The molecule has 1 aliphatic heterocycles. The predicted octanol–water partition coefficient (Wildman–Crippen LogP) is 4.64. The molecule has 0 saturated heterocycles. The number of carbonyl (C=O) groups excluding carboxylic acids is 1. The minimum Gasteiger partial charge on any atom is -0.402 e. The monoisotopic (exact) mass is 319 g/mol. The van der Waals surface area contributed by atoms with E-state index in [9.17, 15) is 4.79 Å². The van der Waals surface area contributed by atoms with Crippen LogP contribution in [0.15, 0.2) is 59.2 Å². The van der Waals surface area contributed by atoms with Crippen molar-refractivity contribution in [1.29, 1.82) is 0 Å². The molecule has 0 bridgehead atoms. The lowest BCUT2D eigenvalue weighted by Gasteiger charge is -2.18. The van der Waals surface area contributed by atoms with E-state index in [1.165, 1.54) is 5.56 Å². The number of nitrogens with zero attached hydrogens (tertiary/aromatic N) is 1. The van der Waals surface area contributed by atoms with E-state index in [1.807, 2.05) is 43.3 Å². The molecular weight excluding hydrogens is 298 g/mol. The van der Waals surface area contributed by atoms with Gasteiger partial charge in [0.05, 0.1) is 0 Å². The highest BCUT2D eigenvalue weighted by molar-refractivity contribution is 6.12.